The molecule has 0 unspecified atom stereocenters. The van der Waals surface area contributed by atoms with Gasteiger partial charge in [-0.25, -0.2) is 0 Å². The van der Waals surface area contributed by atoms with E-state index in [4.69, 9.17) is 141 Å². The van der Waals surface area contributed by atoms with Gasteiger partial charge in [0.05, 0.1) is 0 Å². The zero-order valence-electron chi connectivity index (χ0n) is 18.0. The summed E-state index contributed by atoms with van der Waals surface area (Å²) in [5.74, 6) is 0. The zero-order valence-corrected chi connectivity index (χ0v) is 28.0. The molecule has 0 saturated carbocycles. The van der Waals surface area contributed by atoms with Crippen molar-refractivity contribution in [3.63, 3.8) is 0 Å². The molecule has 0 heterocycles. The van der Waals surface area contributed by atoms with Gasteiger partial charge < -0.3 is 95.9 Å². The van der Waals surface area contributed by atoms with Gasteiger partial charge in [0.15, 0.2) is 0 Å². The molecule has 0 radical (unpaired) electrons. The Bertz CT molecular complexity index is 488. The minimum atomic E-state index is -3.13. The quantitative estimate of drug-likeness (QED) is 0.101. The van der Waals surface area contributed by atoms with Crippen LogP contribution in [0.2, 0.25) is 0 Å². The van der Waals surface area contributed by atoms with Gasteiger partial charge in [0.1, 0.15) is 0 Å². The van der Waals surface area contributed by atoms with Gasteiger partial charge in [-0.3, -0.25) is 44.6 Å². The van der Waals surface area contributed by atoms with Crippen molar-refractivity contribution >= 4 is 205 Å². The molecule has 0 spiro atoms. The Kier molecular flexibility index (Phi) is 218. The molecule has 0 aliphatic heterocycles. The van der Waals surface area contributed by atoms with Crippen LogP contribution in [0, 0.1) is 0 Å². The summed E-state index contributed by atoms with van der Waals surface area (Å²) in [6, 6.07) is 0. The van der Waals surface area contributed by atoms with Gasteiger partial charge in [-0.15, -0.1) is 0 Å². The van der Waals surface area contributed by atoms with Gasteiger partial charge in [0.2, 0.25) is 0 Å². The maximum absolute atomic E-state index is 8.74. The third-order valence-corrected chi connectivity index (χ3v) is 0. The Morgan fingerprint density at radius 2 is 0.152 bits per heavy atom. The fourth-order valence-electron chi connectivity index (χ4n) is 0. The second-order valence-corrected chi connectivity index (χ2v) is 8.48. The van der Waals surface area contributed by atoms with Crippen LogP contribution in [0.15, 0.2) is 0 Å². The van der Waals surface area contributed by atoms with Crippen LogP contribution in [0.3, 0.4) is 0 Å². The number of hydrogen-bond donors (Lipinski definition) is 20. The monoisotopic (exact) mass is 828 g/mol. The molecular weight excluding hydrogens is 802 g/mol. The summed E-state index contributed by atoms with van der Waals surface area (Å²) in [4.78, 5) is 143. The molecular formula is H26Li6O30Si10. The van der Waals surface area contributed by atoms with E-state index in [0.717, 1.165) is 0 Å². The second-order valence-electron chi connectivity index (χ2n) is 2.83. The second kappa shape index (κ2) is 96.8. The molecule has 0 aliphatic rings. The van der Waals surface area contributed by atoms with Crippen LogP contribution < -0.4 is 0 Å². The summed E-state index contributed by atoms with van der Waals surface area (Å²) < 4.78 is 87.4. The van der Waals surface area contributed by atoms with Crippen LogP contribution in [0.5, 0.6) is 0 Å². The fourth-order valence-corrected chi connectivity index (χ4v) is 0. The van der Waals surface area contributed by atoms with E-state index in [1.165, 1.54) is 0 Å². The molecule has 0 atom stereocenters. The summed E-state index contributed by atoms with van der Waals surface area (Å²) >= 11 is 0. The predicted octanol–water partition coefficient (Wildman–Crippen LogP) is -20.0. The molecule has 46 heteroatoms. The molecule has 0 bridgehead atoms. The number of rotatable bonds is 0. The summed E-state index contributed by atoms with van der Waals surface area (Å²) in [5, 5.41) is 0. The Balaban J connectivity index is -0.0000000153. The Labute approximate surface area is 342 Å². The summed E-state index contributed by atoms with van der Waals surface area (Å²) in [6.45, 7) is 0. The molecule has 0 saturated heterocycles. The van der Waals surface area contributed by atoms with Crippen molar-refractivity contribution < 1.29 is 141 Å². The van der Waals surface area contributed by atoms with E-state index in [1.54, 1.807) is 0 Å². The van der Waals surface area contributed by atoms with E-state index in [1.807, 2.05) is 0 Å². The zero-order chi connectivity index (χ0) is 35.8. The molecule has 252 valence electrons. The van der Waals surface area contributed by atoms with Gasteiger partial charge in [0, 0.05) is 0 Å². The predicted molar refractivity (Wildman–Crippen MR) is 152 cm³/mol. The Hall–Kier alpha value is -0.247. The average molecular weight is 829 g/mol. The first kappa shape index (κ1) is 104. The molecule has 0 aromatic carbocycles. The maximum atomic E-state index is 8.74. The topological polar surface area (TPSA) is 575 Å². The van der Waals surface area contributed by atoms with Crippen molar-refractivity contribution in [1.82, 2.24) is 0 Å². The van der Waals surface area contributed by atoms with E-state index >= 15 is 0 Å². The van der Waals surface area contributed by atoms with Gasteiger partial charge >= 0.3 is 205 Å². The third-order valence-electron chi connectivity index (χ3n) is 0. The SMILES string of the molecule is O=[Si](O)O.O=[Si](O)O.O=[Si](O)O.O=[Si](O)O.O=[Si](O)O.O=[Si](O)O.O=[Si](O)O.O=[Si](O)O.O=[Si](O)O.O=[Si](O)O.[LiH].[LiH].[LiH].[LiH].[LiH].[LiH]. The molecule has 30 nitrogen and oxygen atoms in total. The van der Waals surface area contributed by atoms with E-state index in [0.29, 0.717) is 0 Å². The molecule has 20 N–H and O–H groups in total. The van der Waals surface area contributed by atoms with Crippen LogP contribution >= 0.6 is 0 Å². The minimum absolute atomic E-state index is 0. The first-order valence-corrected chi connectivity index (χ1v) is 19.5. The average Bonchev–Trinajstić information content (AvgIpc) is 2.47. The van der Waals surface area contributed by atoms with Crippen LogP contribution in [0.1, 0.15) is 0 Å². The Morgan fingerprint density at radius 3 is 0.152 bits per heavy atom. The van der Waals surface area contributed by atoms with Crippen molar-refractivity contribution in [2.24, 2.45) is 0 Å². The van der Waals surface area contributed by atoms with E-state index < -0.39 is 91.7 Å². The molecule has 46 heavy (non-hydrogen) atoms. The van der Waals surface area contributed by atoms with E-state index in [2.05, 4.69) is 0 Å². The fraction of sp³-hybridized carbons (Fsp3) is 0. The first-order chi connectivity index (χ1) is 17.3. The molecule has 0 amide bonds. The molecule has 0 aromatic rings. The van der Waals surface area contributed by atoms with Crippen LogP contribution in [0.25, 0.3) is 0 Å². The van der Waals surface area contributed by atoms with Crippen molar-refractivity contribution in [3.8, 4) is 0 Å². The van der Waals surface area contributed by atoms with Gasteiger partial charge in [-0.1, -0.05) is 0 Å². The van der Waals surface area contributed by atoms with Gasteiger partial charge in [0.25, 0.3) is 0 Å². The molecule has 0 fully saturated rings. The Morgan fingerprint density at radius 1 is 0.152 bits per heavy atom. The van der Waals surface area contributed by atoms with E-state index in [-0.39, 0.29) is 113 Å². The van der Waals surface area contributed by atoms with E-state index in [9.17, 15) is 0 Å². The van der Waals surface area contributed by atoms with Crippen molar-refractivity contribution in [3.05, 3.63) is 0 Å². The van der Waals surface area contributed by atoms with Crippen LogP contribution in [-0.4, -0.2) is 301 Å². The van der Waals surface area contributed by atoms with Gasteiger partial charge in [-0.05, 0) is 0 Å². The molecule has 0 aliphatic carbocycles. The van der Waals surface area contributed by atoms with Crippen molar-refractivity contribution in [2.45, 2.75) is 0 Å². The summed E-state index contributed by atoms with van der Waals surface area (Å²) in [7, 11) is -31.3. The normalized spacial score (nSPS) is 5.22. The van der Waals surface area contributed by atoms with Crippen molar-refractivity contribution in [1.29, 1.82) is 0 Å². The molecule has 0 rings (SSSR count). The third kappa shape index (κ3) is 1310000. The van der Waals surface area contributed by atoms with Crippen molar-refractivity contribution in [2.75, 3.05) is 0 Å². The van der Waals surface area contributed by atoms with Crippen LogP contribution in [-0.2, 0) is 44.6 Å². The standard InChI is InChI=1S/6Li.10H2O3Si.6H/c;;;;;;10*1-4(2)3;;;;;;/h;;;;;;10*1-2H;;;;;;. The van der Waals surface area contributed by atoms with Gasteiger partial charge in [-0.2, -0.15) is 0 Å². The summed E-state index contributed by atoms with van der Waals surface area (Å²) in [6.07, 6.45) is 0. The number of hydrogen-bond acceptors (Lipinski definition) is 10. The summed E-state index contributed by atoms with van der Waals surface area (Å²) in [5.41, 5.74) is 0. The molecule has 0 aromatic heterocycles. The van der Waals surface area contributed by atoms with Crippen LogP contribution in [0.4, 0.5) is 0 Å². The first-order valence-electron chi connectivity index (χ1n) is 6.51.